The Morgan fingerprint density at radius 1 is 1.41 bits per heavy atom. The van der Waals surface area contributed by atoms with Crippen LogP contribution in [0, 0.1) is 0 Å². The van der Waals surface area contributed by atoms with Gasteiger partial charge in [0.05, 0.1) is 13.7 Å². The van der Waals surface area contributed by atoms with E-state index in [1.807, 2.05) is 31.2 Å². The molecule has 1 aliphatic heterocycles. The summed E-state index contributed by atoms with van der Waals surface area (Å²) >= 11 is 0. The molecule has 1 heterocycles. The average Bonchev–Trinajstić information content (AvgIpc) is 2.71. The summed E-state index contributed by atoms with van der Waals surface area (Å²) in [5.74, 6) is 0.823. The van der Waals surface area contributed by atoms with Crippen molar-refractivity contribution in [1.29, 1.82) is 0 Å². The van der Waals surface area contributed by atoms with Crippen LogP contribution in [-0.2, 0) is 11.3 Å². The molecule has 0 N–H and O–H groups in total. The third-order valence-electron chi connectivity index (χ3n) is 2.94. The molecule has 1 aromatic rings. The van der Waals surface area contributed by atoms with Crippen molar-refractivity contribution in [1.82, 2.24) is 4.90 Å². The number of hydrogen-bond donors (Lipinski definition) is 0. The van der Waals surface area contributed by atoms with Crippen molar-refractivity contribution in [3.8, 4) is 5.75 Å². The highest BCUT2D eigenvalue weighted by Crippen LogP contribution is 2.18. The number of carbonyl (C=O) groups excluding carboxylic acids is 1. The highest BCUT2D eigenvalue weighted by Gasteiger charge is 2.29. The molecule has 17 heavy (non-hydrogen) atoms. The van der Waals surface area contributed by atoms with Crippen LogP contribution < -0.4 is 4.74 Å². The van der Waals surface area contributed by atoms with Crippen LogP contribution in [0.25, 0.3) is 0 Å². The zero-order valence-corrected chi connectivity index (χ0v) is 10.2. The van der Waals surface area contributed by atoms with Gasteiger partial charge < -0.3 is 14.4 Å². The fourth-order valence-corrected chi connectivity index (χ4v) is 1.87. The van der Waals surface area contributed by atoms with Crippen LogP contribution in [0.15, 0.2) is 24.3 Å². The largest absolute Gasteiger partial charge is 0.497 e. The Kier molecular flexibility index (Phi) is 3.52. The Hall–Kier alpha value is -1.71. The van der Waals surface area contributed by atoms with E-state index in [0.717, 1.165) is 17.7 Å². The summed E-state index contributed by atoms with van der Waals surface area (Å²) in [5.41, 5.74) is 1.08. The Bertz CT molecular complexity index is 388. The fourth-order valence-electron chi connectivity index (χ4n) is 1.87. The lowest BCUT2D eigenvalue weighted by Gasteiger charge is -2.12. The van der Waals surface area contributed by atoms with E-state index >= 15 is 0 Å². The summed E-state index contributed by atoms with van der Waals surface area (Å²) in [6.45, 7) is 3.30. The van der Waals surface area contributed by atoms with E-state index in [1.165, 1.54) is 0 Å². The van der Waals surface area contributed by atoms with Crippen LogP contribution in [-0.4, -0.2) is 30.8 Å². The first-order chi connectivity index (χ1) is 8.22. The third kappa shape index (κ3) is 2.70. The number of methoxy groups -OCH3 is 1. The number of hydrogen-bond acceptors (Lipinski definition) is 3. The molecular weight excluding hydrogens is 218 g/mol. The molecule has 0 saturated carbocycles. The Labute approximate surface area is 101 Å². The standard InChI is InChI=1S/C13H17NO3/c1-3-11-9-14(13(15)17-11)8-10-4-6-12(16-2)7-5-10/h4-7,11H,3,8-9H2,1-2H3. The number of amides is 1. The second kappa shape index (κ2) is 5.08. The van der Waals surface area contributed by atoms with Gasteiger partial charge in [0.25, 0.3) is 0 Å². The van der Waals surface area contributed by atoms with Crippen molar-refractivity contribution in [2.24, 2.45) is 0 Å². The fraction of sp³-hybridized carbons (Fsp3) is 0.462. The van der Waals surface area contributed by atoms with E-state index in [9.17, 15) is 4.79 Å². The number of ether oxygens (including phenoxy) is 2. The normalized spacial score (nSPS) is 19.3. The zero-order chi connectivity index (χ0) is 12.3. The summed E-state index contributed by atoms with van der Waals surface area (Å²) in [6, 6.07) is 7.72. The smallest absolute Gasteiger partial charge is 0.410 e. The van der Waals surface area contributed by atoms with E-state index < -0.39 is 0 Å². The summed E-state index contributed by atoms with van der Waals surface area (Å²) in [7, 11) is 1.64. The lowest BCUT2D eigenvalue weighted by molar-refractivity contribution is 0.130. The molecule has 4 heteroatoms. The molecule has 1 saturated heterocycles. The number of nitrogens with zero attached hydrogens (tertiary/aromatic N) is 1. The first-order valence-corrected chi connectivity index (χ1v) is 5.81. The number of carbonyl (C=O) groups is 1. The first kappa shape index (κ1) is 11.8. The maximum Gasteiger partial charge on any atom is 0.410 e. The molecule has 0 radical (unpaired) electrons. The van der Waals surface area contributed by atoms with Crippen LogP contribution in [0.4, 0.5) is 4.79 Å². The molecule has 1 aliphatic rings. The van der Waals surface area contributed by atoms with E-state index in [2.05, 4.69) is 0 Å². The topological polar surface area (TPSA) is 38.8 Å². The summed E-state index contributed by atoms with van der Waals surface area (Å²) < 4.78 is 10.3. The number of cyclic esters (lactones) is 1. The van der Waals surface area contributed by atoms with Crippen molar-refractivity contribution >= 4 is 6.09 Å². The van der Waals surface area contributed by atoms with Gasteiger partial charge in [0.15, 0.2) is 0 Å². The quantitative estimate of drug-likeness (QED) is 0.804. The van der Waals surface area contributed by atoms with Gasteiger partial charge in [-0.15, -0.1) is 0 Å². The Morgan fingerprint density at radius 2 is 2.12 bits per heavy atom. The molecule has 1 amide bonds. The van der Waals surface area contributed by atoms with E-state index in [4.69, 9.17) is 9.47 Å². The van der Waals surface area contributed by atoms with Gasteiger partial charge in [0.1, 0.15) is 11.9 Å². The minimum atomic E-state index is -0.215. The van der Waals surface area contributed by atoms with Crippen molar-refractivity contribution in [2.75, 3.05) is 13.7 Å². The highest BCUT2D eigenvalue weighted by atomic mass is 16.6. The molecule has 0 spiro atoms. The van der Waals surface area contributed by atoms with Gasteiger partial charge in [-0.3, -0.25) is 0 Å². The monoisotopic (exact) mass is 235 g/mol. The van der Waals surface area contributed by atoms with Gasteiger partial charge in [-0.05, 0) is 24.1 Å². The van der Waals surface area contributed by atoms with Gasteiger partial charge in [0, 0.05) is 6.54 Å². The SMILES string of the molecule is CCC1CN(Cc2ccc(OC)cc2)C(=O)O1. The molecule has 1 unspecified atom stereocenters. The molecule has 0 bridgehead atoms. The van der Waals surface area contributed by atoms with Gasteiger partial charge in [-0.2, -0.15) is 0 Å². The third-order valence-corrected chi connectivity index (χ3v) is 2.94. The van der Waals surface area contributed by atoms with Gasteiger partial charge in [-0.25, -0.2) is 4.79 Å². The number of rotatable bonds is 4. The molecular formula is C13H17NO3. The molecule has 4 nitrogen and oxygen atoms in total. The molecule has 1 aromatic carbocycles. The summed E-state index contributed by atoms with van der Waals surface area (Å²) in [6.07, 6.45) is 0.693. The first-order valence-electron chi connectivity index (χ1n) is 5.81. The maximum absolute atomic E-state index is 11.6. The molecule has 92 valence electrons. The van der Waals surface area contributed by atoms with Gasteiger partial charge in [-0.1, -0.05) is 19.1 Å². The molecule has 0 aromatic heterocycles. The zero-order valence-electron chi connectivity index (χ0n) is 10.2. The predicted molar refractivity (Wildman–Crippen MR) is 64.0 cm³/mol. The van der Waals surface area contributed by atoms with Crippen molar-refractivity contribution < 1.29 is 14.3 Å². The highest BCUT2D eigenvalue weighted by molar-refractivity contribution is 5.69. The second-order valence-corrected chi connectivity index (χ2v) is 4.14. The van der Waals surface area contributed by atoms with E-state index in [1.54, 1.807) is 12.0 Å². The van der Waals surface area contributed by atoms with E-state index in [0.29, 0.717) is 13.1 Å². The van der Waals surface area contributed by atoms with Crippen LogP contribution in [0.3, 0.4) is 0 Å². The predicted octanol–water partition coefficient (Wildman–Crippen LogP) is 2.43. The van der Waals surface area contributed by atoms with Crippen LogP contribution in [0.5, 0.6) is 5.75 Å². The minimum absolute atomic E-state index is 0.0424. The van der Waals surface area contributed by atoms with Crippen LogP contribution in [0.1, 0.15) is 18.9 Å². The molecule has 0 aliphatic carbocycles. The maximum atomic E-state index is 11.6. The lowest BCUT2D eigenvalue weighted by Crippen LogP contribution is -2.24. The van der Waals surface area contributed by atoms with Crippen LogP contribution >= 0.6 is 0 Å². The van der Waals surface area contributed by atoms with Crippen molar-refractivity contribution in [2.45, 2.75) is 26.0 Å². The van der Waals surface area contributed by atoms with Crippen molar-refractivity contribution in [3.63, 3.8) is 0 Å². The summed E-state index contributed by atoms with van der Waals surface area (Å²) in [4.78, 5) is 13.3. The van der Waals surface area contributed by atoms with Gasteiger partial charge in [0.2, 0.25) is 0 Å². The Balaban J connectivity index is 1.98. The van der Waals surface area contributed by atoms with Crippen molar-refractivity contribution in [3.05, 3.63) is 29.8 Å². The average molecular weight is 235 g/mol. The number of benzene rings is 1. The van der Waals surface area contributed by atoms with E-state index in [-0.39, 0.29) is 12.2 Å². The molecule has 1 fully saturated rings. The molecule has 2 rings (SSSR count). The molecule has 1 atom stereocenters. The van der Waals surface area contributed by atoms with Crippen LogP contribution in [0.2, 0.25) is 0 Å². The summed E-state index contributed by atoms with van der Waals surface area (Å²) in [5, 5.41) is 0. The second-order valence-electron chi connectivity index (χ2n) is 4.14. The minimum Gasteiger partial charge on any atom is -0.497 e. The Morgan fingerprint density at radius 3 is 2.65 bits per heavy atom. The van der Waals surface area contributed by atoms with Gasteiger partial charge >= 0.3 is 6.09 Å². The lowest BCUT2D eigenvalue weighted by atomic mass is 10.2.